The molecule has 164 valence electrons. The van der Waals surface area contributed by atoms with Gasteiger partial charge >= 0.3 is 0 Å². The van der Waals surface area contributed by atoms with Gasteiger partial charge in [0, 0.05) is 34.3 Å². The van der Waals surface area contributed by atoms with E-state index in [0.717, 1.165) is 13.0 Å². The fourth-order valence-corrected chi connectivity index (χ4v) is 6.68. The van der Waals surface area contributed by atoms with Crippen LogP contribution in [0.15, 0.2) is 82.6 Å². The number of hydrogen-bond donors (Lipinski definition) is 1. The number of para-hydroxylation sites is 2. The molecule has 0 saturated heterocycles. The molecule has 3 heteroatoms. The lowest BCUT2D eigenvalue weighted by molar-refractivity contribution is 0.174. The van der Waals surface area contributed by atoms with E-state index in [2.05, 4.69) is 99.1 Å². The van der Waals surface area contributed by atoms with Gasteiger partial charge in [-0.3, -0.25) is 0 Å². The van der Waals surface area contributed by atoms with Crippen LogP contribution in [-0.2, 0) is 0 Å². The van der Waals surface area contributed by atoms with Gasteiger partial charge in [-0.05, 0) is 62.8 Å². The Morgan fingerprint density at radius 2 is 1.74 bits per heavy atom. The maximum Gasteiger partial charge on any atom is 0.0555 e. The minimum Gasteiger partial charge on any atom is -0.336 e. The number of fused-ring (bicyclic) bond motifs is 2. The standard InChI is InChI=1S/C28H36N2S/c1-6-18-29-21(3)19-24(27-20(2)12-11-17-28(27,4)5)30-22-13-7-9-15-25(22)31-26-16-10-8-14-23(26)30/h6-10,12-16,21,24,27,29H,1,11,17-19H2,2-5H3. The molecule has 2 aliphatic rings. The second-order valence-corrected chi connectivity index (χ2v) is 10.8. The summed E-state index contributed by atoms with van der Waals surface area (Å²) in [7, 11) is 0. The van der Waals surface area contributed by atoms with E-state index in [9.17, 15) is 0 Å². The van der Waals surface area contributed by atoms with Crippen molar-refractivity contribution in [1.82, 2.24) is 5.32 Å². The van der Waals surface area contributed by atoms with Gasteiger partial charge < -0.3 is 10.2 Å². The molecule has 2 aromatic rings. The van der Waals surface area contributed by atoms with Crippen molar-refractivity contribution in [2.45, 2.75) is 68.8 Å². The van der Waals surface area contributed by atoms with Gasteiger partial charge in [0.2, 0.25) is 0 Å². The fourth-order valence-electron chi connectivity index (χ4n) is 5.61. The molecular formula is C28H36N2S. The van der Waals surface area contributed by atoms with Crippen LogP contribution in [0.3, 0.4) is 0 Å². The van der Waals surface area contributed by atoms with Crippen molar-refractivity contribution in [1.29, 1.82) is 0 Å². The van der Waals surface area contributed by atoms with Gasteiger partial charge in [-0.25, -0.2) is 0 Å². The summed E-state index contributed by atoms with van der Waals surface area (Å²) in [5, 5.41) is 3.66. The summed E-state index contributed by atoms with van der Waals surface area (Å²) in [4.78, 5) is 5.38. The molecule has 3 unspecified atom stereocenters. The van der Waals surface area contributed by atoms with E-state index in [-0.39, 0.29) is 5.41 Å². The monoisotopic (exact) mass is 432 g/mol. The summed E-state index contributed by atoms with van der Waals surface area (Å²) >= 11 is 1.90. The highest BCUT2D eigenvalue weighted by atomic mass is 32.2. The van der Waals surface area contributed by atoms with E-state index in [1.54, 1.807) is 5.57 Å². The second-order valence-electron chi connectivity index (χ2n) is 9.76. The van der Waals surface area contributed by atoms with Crippen LogP contribution in [0.1, 0.15) is 47.0 Å². The lowest BCUT2D eigenvalue weighted by atomic mass is 9.64. The van der Waals surface area contributed by atoms with Crippen molar-refractivity contribution in [2.75, 3.05) is 11.4 Å². The third-order valence-corrected chi connectivity index (χ3v) is 8.11. The number of allylic oxidation sites excluding steroid dienone is 1. The van der Waals surface area contributed by atoms with Crippen LogP contribution >= 0.6 is 11.8 Å². The van der Waals surface area contributed by atoms with Gasteiger partial charge in [0.25, 0.3) is 0 Å². The molecule has 2 nitrogen and oxygen atoms in total. The normalized spacial score (nSPS) is 21.5. The Balaban J connectivity index is 1.85. The largest absolute Gasteiger partial charge is 0.336 e. The zero-order valence-electron chi connectivity index (χ0n) is 19.4. The number of nitrogens with zero attached hydrogens (tertiary/aromatic N) is 1. The summed E-state index contributed by atoms with van der Waals surface area (Å²) in [6.45, 7) is 14.4. The van der Waals surface area contributed by atoms with Gasteiger partial charge in [0.15, 0.2) is 0 Å². The van der Waals surface area contributed by atoms with E-state index >= 15 is 0 Å². The Morgan fingerprint density at radius 1 is 1.13 bits per heavy atom. The molecule has 4 rings (SSSR count). The molecule has 0 radical (unpaired) electrons. The molecule has 1 heterocycles. The first-order valence-electron chi connectivity index (χ1n) is 11.6. The Bertz CT molecular complexity index is 915. The third-order valence-electron chi connectivity index (χ3n) is 6.98. The smallest absolute Gasteiger partial charge is 0.0555 e. The number of benzene rings is 2. The summed E-state index contributed by atoms with van der Waals surface area (Å²) in [5.41, 5.74) is 4.50. The zero-order chi connectivity index (χ0) is 22.0. The maximum atomic E-state index is 3.90. The summed E-state index contributed by atoms with van der Waals surface area (Å²) in [6.07, 6.45) is 7.96. The average molecular weight is 433 g/mol. The summed E-state index contributed by atoms with van der Waals surface area (Å²) in [5.74, 6) is 0.499. The van der Waals surface area contributed by atoms with Gasteiger partial charge in [-0.15, -0.1) is 6.58 Å². The predicted octanol–water partition coefficient (Wildman–Crippen LogP) is 7.59. The van der Waals surface area contributed by atoms with Crippen LogP contribution in [0.2, 0.25) is 0 Å². The SMILES string of the molecule is C=CCNC(C)CC(C1C(C)=CCCC1(C)C)N1c2ccccc2Sc2ccccc21. The van der Waals surface area contributed by atoms with E-state index in [4.69, 9.17) is 0 Å². The van der Waals surface area contributed by atoms with Crippen molar-refractivity contribution < 1.29 is 0 Å². The van der Waals surface area contributed by atoms with E-state index < -0.39 is 0 Å². The molecule has 1 aliphatic heterocycles. The van der Waals surface area contributed by atoms with Crippen molar-refractivity contribution in [3.8, 4) is 0 Å². The molecule has 0 amide bonds. The van der Waals surface area contributed by atoms with Gasteiger partial charge in [0.1, 0.15) is 0 Å². The first kappa shape index (κ1) is 22.2. The zero-order valence-corrected chi connectivity index (χ0v) is 20.2. The molecule has 0 fully saturated rings. The molecule has 2 aromatic carbocycles. The lowest BCUT2D eigenvalue weighted by Gasteiger charge is -2.50. The minimum atomic E-state index is 0.260. The van der Waals surface area contributed by atoms with E-state index in [1.165, 1.54) is 34.0 Å². The topological polar surface area (TPSA) is 15.3 Å². The van der Waals surface area contributed by atoms with Crippen LogP contribution in [0.5, 0.6) is 0 Å². The highest BCUT2D eigenvalue weighted by Gasteiger charge is 2.43. The van der Waals surface area contributed by atoms with Crippen molar-refractivity contribution in [3.05, 3.63) is 72.8 Å². The molecule has 1 aliphatic carbocycles. The van der Waals surface area contributed by atoms with Crippen LogP contribution in [0.25, 0.3) is 0 Å². The van der Waals surface area contributed by atoms with Gasteiger partial charge in [-0.2, -0.15) is 0 Å². The third kappa shape index (κ3) is 4.49. The van der Waals surface area contributed by atoms with Gasteiger partial charge in [-0.1, -0.05) is 67.6 Å². The highest BCUT2D eigenvalue weighted by Crippen LogP contribution is 2.53. The number of anilines is 2. The molecular weight excluding hydrogens is 396 g/mol. The Labute approximate surface area is 192 Å². The average Bonchev–Trinajstić information content (AvgIpc) is 2.74. The molecule has 31 heavy (non-hydrogen) atoms. The van der Waals surface area contributed by atoms with Crippen LogP contribution in [-0.4, -0.2) is 18.6 Å². The van der Waals surface area contributed by atoms with Crippen LogP contribution < -0.4 is 10.2 Å². The van der Waals surface area contributed by atoms with Crippen molar-refractivity contribution >= 4 is 23.1 Å². The van der Waals surface area contributed by atoms with Crippen molar-refractivity contribution in [3.63, 3.8) is 0 Å². The number of rotatable bonds is 7. The Morgan fingerprint density at radius 3 is 2.32 bits per heavy atom. The maximum absolute atomic E-state index is 3.90. The van der Waals surface area contributed by atoms with Crippen molar-refractivity contribution in [2.24, 2.45) is 11.3 Å². The molecule has 0 bridgehead atoms. The van der Waals surface area contributed by atoms with Crippen LogP contribution in [0.4, 0.5) is 11.4 Å². The number of nitrogens with one attached hydrogen (secondary N) is 1. The molecule has 0 spiro atoms. The molecule has 0 aromatic heterocycles. The van der Waals surface area contributed by atoms with E-state index in [0.29, 0.717) is 18.0 Å². The van der Waals surface area contributed by atoms with E-state index in [1.807, 2.05) is 17.8 Å². The molecule has 1 N–H and O–H groups in total. The Hall–Kier alpha value is -1.97. The fraction of sp³-hybridized carbons (Fsp3) is 0.429. The first-order valence-corrected chi connectivity index (χ1v) is 12.4. The number of hydrogen-bond acceptors (Lipinski definition) is 3. The first-order chi connectivity index (χ1) is 14.9. The van der Waals surface area contributed by atoms with Crippen LogP contribution in [0, 0.1) is 11.3 Å². The highest BCUT2D eigenvalue weighted by molar-refractivity contribution is 7.99. The predicted molar refractivity (Wildman–Crippen MR) is 135 cm³/mol. The Kier molecular flexibility index (Phi) is 6.64. The van der Waals surface area contributed by atoms with Gasteiger partial charge in [0.05, 0.1) is 11.4 Å². The minimum absolute atomic E-state index is 0.260. The quantitative estimate of drug-likeness (QED) is 0.454. The molecule has 3 atom stereocenters. The molecule has 0 saturated carbocycles. The summed E-state index contributed by atoms with van der Waals surface area (Å²) < 4.78 is 0. The lowest BCUT2D eigenvalue weighted by Crippen LogP contribution is -2.49. The summed E-state index contributed by atoms with van der Waals surface area (Å²) in [6, 6.07) is 18.6. The second kappa shape index (κ2) is 9.26.